The minimum Gasteiger partial charge on any atom is -0.480 e. The first-order valence-electron chi connectivity index (χ1n) is 4.52. The highest BCUT2D eigenvalue weighted by atomic mass is 16.4. The van der Waals surface area contributed by atoms with Crippen molar-refractivity contribution >= 4 is 23.4 Å². The fourth-order valence-electron chi connectivity index (χ4n) is 1.22. The topological polar surface area (TPSA) is 89.9 Å². The lowest BCUT2D eigenvalue weighted by molar-refractivity contribution is -0.135. The average molecular weight is 224 g/mol. The first-order chi connectivity index (χ1) is 7.49. The molecule has 6 heteroatoms. The van der Waals surface area contributed by atoms with Crippen LogP contribution in [0.15, 0.2) is 24.3 Å². The van der Waals surface area contributed by atoms with Crippen LogP contribution in [-0.2, 0) is 4.79 Å². The summed E-state index contributed by atoms with van der Waals surface area (Å²) in [5.74, 6) is -0.921. The molecule has 6 nitrogen and oxygen atoms in total. The molecule has 3 N–H and O–H groups in total. The van der Waals surface area contributed by atoms with Crippen LogP contribution in [0.2, 0.25) is 0 Å². The number of benzene rings is 1. The number of carbonyl (C=O) groups is 2. The number of carboxylic acids is 1. The second-order valence-electron chi connectivity index (χ2n) is 3.23. The first-order valence-corrected chi connectivity index (χ1v) is 4.52. The number of hydrogen-bond acceptors (Lipinski definition) is 3. The van der Waals surface area contributed by atoms with E-state index in [1.807, 2.05) is 0 Å². The van der Waals surface area contributed by atoms with Gasteiger partial charge in [-0.2, -0.15) is 0 Å². The minimum atomic E-state index is -1.13. The Bertz CT molecular complexity index is 388. The summed E-state index contributed by atoms with van der Waals surface area (Å²) in [6.45, 7) is -0.105. The second kappa shape index (κ2) is 5.01. The zero-order valence-electron chi connectivity index (χ0n) is 8.67. The lowest BCUT2D eigenvalue weighted by Crippen LogP contribution is -2.24. The molecular weight excluding hydrogens is 212 g/mol. The quantitative estimate of drug-likeness (QED) is 0.717. The van der Waals surface area contributed by atoms with Gasteiger partial charge in [0.05, 0.1) is 0 Å². The van der Waals surface area contributed by atoms with Gasteiger partial charge >= 0.3 is 12.1 Å². The normalized spacial score (nSPS) is 9.56. The van der Waals surface area contributed by atoms with E-state index in [9.17, 15) is 9.59 Å². The summed E-state index contributed by atoms with van der Waals surface area (Å²) >= 11 is 0. The highest BCUT2D eigenvalue weighted by molar-refractivity contribution is 5.83. The fourth-order valence-corrected chi connectivity index (χ4v) is 1.22. The third-order valence-corrected chi connectivity index (χ3v) is 1.93. The third kappa shape index (κ3) is 3.49. The van der Waals surface area contributed by atoms with E-state index < -0.39 is 12.1 Å². The Morgan fingerprint density at radius 2 is 1.81 bits per heavy atom. The molecule has 0 aromatic heterocycles. The molecule has 0 bridgehead atoms. The van der Waals surface area contributed by atoms with Crippen LogP contribution in [0.1, 0.15) is 0 Å². The molecule has 0 saturated carbocycles. The van der Waals surface area contributed by atoms with Gasteiger partial charge in [-0.05, 0) is 24.3 Å². The lowest BCUT2D eigenvalue weighted by atomic mass is 10.2. The van der Waals surface area contributed by atoms with Crippen molar-refractivity contribution in [2.45, 2.75) is 0 Å². The number of nitrogens with zero attached hydrogens (tertiary/aromatic N) is 1. The summed E-state index contributed by atoms with van der Waals surface area (Å²) in [4.78, 5) is 22.3. The van der Waals surface area contributed by atoms with Gasteiger partial charge in [-0.1, -0.05) is 0 Å². The maximum absolute atomic E-state index is 10.5. The van der Waals surface area contributed by atoms with E-state index in [-0.39, 0.29) is 6.54 Å². The van der Waals surface area contributed by atoms with E-state index in [1.165, 1.54) is 0 Å². The Kier molecular flexibility index (Phi) is 3.71. The zero-order chi connectivity index (χ0) is 12.1. The fraction of sp³-hybridized carbons (Fsp3) is 0.200. The summed E-state index contributed by atoms with van der Waals surface area (Å²) in [6.07, 6.45) is -1.13. The SMILES string of the molecule is CN(CC(=O)O)c1ccc(NC(=O)O)cc1. The highest BCUT2D eigenvalue weighted by Gasteiger charge is 2.05. The van der Waals surface area contributed by atoms with Gasteiger partial charge in [-0.3, -0.25) is 10.1 Å². The predicted octanol–water partition coefficient (Wildman–Crippen LogP) is 1.30. The van der Waals surface area contributed by atoms with Crippen LogP contribution in [0, 0.1) is 0 Å². The molecule has 16 heavy (non-hydrogen) atoms. The summed E-state index contributed by atoms with van der Waals surface area (Å²) in [5, 5.41) is 19.2. The van der Waals surface area contributed by atoms with Crippen molar-refractivity contribution in [1.29, 1.82) is 0 Å². The van der Waals surface area contributed by atoms with Crippen molar-refractivity contribution in [3.8, 4) is 0 Å². The number of nitrogens with one attached hydrogen (secondary N) is 1. The molecule has 86 valence electrons. The van der Waals surface area contributed by atoms with Gasteiger partial charge in [0.25, 0.3) is 0 Å². The minimum absolute atomic E-state index is 0.105. The van der Waals surface area contributed by atoms with Gasteiger partial charge in [-0.25, -0.2) is 4.79 Å². The van der Waals surface area contributed by atoms with E-state index in [4.69, 9.17) is 10.2 Å². The number of anilines is 2. The average Bonchev–Trinajstić information content (AvgIpc) is 2.16. The molecule has 0 aliphatic carbocycles. The van der Waals surface area contributed by atoms with Crippen LogP contribution in [0.3, 0.4) is 0 Å². The molecule has 1 amide bonds. The van der Waals surface area contributed by atoms with Crippen LogP contribution in [-0.4, -0.2) is 35.9 Å². The van der Waals surface area contributed by atoms with Crippen molar-refractivity contribution in [2.24, 2.45) is 0 Å². The zero-order valence-corrected chi connectivity index (χ0v) is 8.67. The number of rotatable bonds is 4. The molecule has 0 heterocycles. The van der Waals surface area contributed by atoms with Crippen molar-refractivity contribution in [3.63, 3.8) is 0 Å². The highest BCUT2D eigenvalue weighted by Crippen LogP contribution is 2.16. The van der Waals surface area contributed by atoms with Crippen LogP contribution in [0.4, 0.5) is 16.2 Å². The Morgan fingerprint density at radius 3 is 2.25 bits per heavy atom. The molecule has 1 aromatic carbocycles. The molecule has 0 fully saturated rings. The van der Waals surface area contributed by atoms with Gasteiger partial charge in [-0.15, -0.1) is 0 Å². The van der Waals surface area contributed by atoms with Crippen LogP contribution in [0.5, 0.6) is 0 Å². The van der Waals surface area contributed by atoms with E-state index in [0.29, 0.717) is 11.4 Å². The van der Waals surface area contributed by atoms with Gasteiger partial charge < -0.3 is 15.1 Å². The Morgan fingerprint density at radius 1 is 1.25 bits per heavy atom. The lowest BCUT2D eigenvalue weighted by Gasteiger charge is -2.16. The number of amides is 1. The van der Waals surface area contributed by atoms with E-state index in [0.717, 1.165) is 0 Å². The number of hydrogen-bond donors (Lipinski definition) is 3. The van der Waals surface area contributed by atoms with Gasteiger partial charge in [0.1, 0.15) is 6.54 Å². The number of likely N-dealkylation sites (N-methyl/N-ethyl adjacent to an activating group) is 1. The molecule has 0 spiro atoms. The monoisotopic (exact) mass is 224 g/mol. The van der Waals surface area contributed by atoms with Gasteiger partial charge in [0.15, 0.2) is 0 Å². The summed E-state index contributed by atoms with van der Waals surface area (Å²) in [5.41, 5.74) is 1.15. The van der Waals surface area contributed by atoms with Crippen LogP contribution in [0.25, 0.3) is 0 Å². The van der Waals surface area contributed by atoms with Crippen molar-refractivity contribution in [1.82, 2.24) is 0 Å². The van der Waals surface area contributed by atoms with Gasteiger partial charge in [0, 0.05) is 18.4 Å². The molecule has 0 unspecified atom stereocenters. The number of aliphatic carboxylic acids is 1. The molecule has 0 aliphatic rings. The molecule has 1 rings (SSSR count). The Balaban J connectivity index is 2.70. The van der Waals surface area contributed by atoms with E-state index >= 15 is 0 Å². The van der Waals surface area contributed by atoms with Crippen molar-refractivity contribution in [2.75, 3.05) is 23.8 Å². The summed E-state index contributed by atoms with van der Waals surface area (Å²) in [7, 11) is 1.65. The van der Waals surface area contributed by atoms with Crippen LogP contribution >= 0.6 is 0 Å². The Labute approximate surface area is 92.1 Å². The molecule has 0 aliphatic heterocycles. The first kappa shape index (κ1) is 11.8. The smallest absolute Gasteiger partial charge is 0.409 e. The number of carboxylic acid groups (broad SMARTS) is 2. The Hall–Kier alpha value is -2.24. The summed E-state index contributed by atoms with van der Waals surface area (Å²) < 4.78 is 0. The largest absolute Gasteiger partial charge is 0.480 e. The maximum atomic E-state index is 10.5. The molecular formula is C10H12N2O4. The van der Waals surface area contributed by atoms with Crippen molar-refractivity contribution < 1.29 is 19.8 Å². The molecule has 0 radical (unpaired) electrons. The summed E-state index contributed by atoms with van der Waals surface area (Å²) in [6, 6.07) is 6.44. The maximum Gasteiger partial charge on any atom is 0.409 e. The predicted molar refractivity (Wildman–Crippen MR) is 59.0 cm³/mol. The standard InChI is InChI=1S/C10H12N2O4/c1-12(6-9(13)14)8-4-2-7(3-5-8)11-10(15)16/h2-5,11H,6H2,1H3,(H,13,14)(H,15,16). The van der Waals surface area contributed by atoms with Gasteiger partial charge in [0.2, 0.25) is 0 Å². The molecule has 0 saturated heterocycles. The third-order valence-electron chi connectivity index (χ3n) is 1.93. The van der Waals surface area contributed by atoms with E-state index in [2.05, 4.69) is 5.32 Å². The molecule has 0 atom stereocenters. The molecule has 1 aromatic rings. The van der Waals surface area contributed by atoms with Crippen LogP contribution < -0.4 is 10.2 Å². The second-order valence-corrected chi connectivity index (χ2v) is 3.23. The van der Waals surface area contributed by atoms with Crippen molar-refractivity contribution in [3.05, 3.63) is 24.3 Å². The van der Waals surface area contributed by atoms with E-state index in [1.54, 1.807) is 36.2 Å².